The molecule has 4 aromatic rings. The van der Waals surface area contributed by atoms with E-state index < -0.39 is 0 Å². The number of ether oxygens (including phenoxy) is 2. The van der Waals surface area contributed by atoms with Crippen molar-refractivity contribution in [3.63, 3.8) is 0 Å². The summed E-state index contributed by atoms with van der Waals surface area (Å²) in [5, 5.41) is 11.4. The van der Waals surface area contributed by atoms with Gasteiger partial charge in [-0.15, -0.1) is 0 Å². The van der Waals surface area contributed by atoms with Crippen molar-refractivity contribution in [2.45, 2.75) is 6.61 Å². The number of phenols is 1. The average molecular weight is 419 g/mol. The van der Waals surface area contributed by atoms with Crippen LogP contribution in [-0.4, -0.2) is 22.2 Å². The van der Waals surface area contributed by atoms with Gasteiger partial charge in [-0.2, -0.15) is 0 Å². The molecule has 0 aliphatic heterocycles. The molecule has 1 aromatic heterocycles. The highest BCUT2D eigenvalue weighted by Crippen LogP contribution is 2.39. The number of aromatic hydroxyl groups is 1. The summed E-state index contributed by atoms with van der Waals surface area (Å²) in [5.74, 6) is 1.33. The molecule has 1 heterocycles. The average Bonchev–Trinajstić information content (AvgIpc) is 2.79. The number of phenolic OH excluding ortho intramolecular Hbond substituents is 1. The Kier molecular flexibility index (Phi) is 5.82. The van der Waals surface area contributed by atoms with Crippen LogP contribution in [0.25, 0.3) is 22.4 Å². The third-order valence-corrected chi connectivity index (χ3v) is 4.90. The monoisotopic (exact) mass is 418 g/mol. The lowest BCUT2D eigenvalue weighted by molar-refractivity contribution is 0.304. The van der Waals surface area contributed by atoms with Crippen LogP contribution in [0.2, 0.25) is 5.02 Å². The third-order valence-electron chi connectivity index (χ3n) is 4.65. The van der Waals surface area contributed by atoms with Gasteiger partial charge in [-0.25, -0.2) is 9.97 Å². The molecule has 3 aromatic carbocycles. The Bertz CT molecular complexity index is 1160. The van der Waals surface area contributed by atoms with Gasteiger partial charge in [-0.1, -0.05) is 41.9 Å². The first-order valence-corrected chi connectivity index (χ1v) is 9.67. The van der Waals surface area contributed by atoms with E-state index in [2.05, 4.69) is 9.97 Å². The van der Waals surface area contributed by atoms with Crippen LogP contribution < -0.4 is 9.47 Å². The van der Waals surface area contributed by atoms with Gasteiger partial charge in [0.05, 0.1) is 12.8 Å². The zero-order valence-electron chi connectivity index (χ0n) is 16.2. The van der Waals surface area contributed by atoms with E-state index >= 15 is 0 Å². The van der Waals surface area contributed by atoms with E-state index in [1.165, 1.54) is 6.33 Å². The van der Waals surface area contributed by atoms with Gasteiger partial charge in [0.1, 0.15) is 30.2 Å². The number of hydrogen-bond donors (Lipinski definition) is 1. The summed E-state index contributed by atoms with van der Waals surface area (Å²) in [7, 11) is 1.62. The van der Waals surface area contributed by atoms with Crippen LogP contribution in [-0.2, 0) is 6.61 Å². The summed E-state index contributed by atoms with van der Waals surface area (Å²) in [4.78, 5) is 8.57. The second-order valence-electron chi connectivity index (χ2n) is 6.58. The molecule has 150 valence electrons. The molecule has 0 fully saturated rings. The SMILES string of the molecule is COc1ccccc1-c1cncnc1-c1ccc(OCc2ccc(Cl)cc2)cc1O. The summed E-state index contributed by atoms with van der Waals surface area (Å²) in [6, 6.07) is 20.2. The van der Waals surface area contributed by atoms with Gasteiger partial charge in [-0.3, -0.25) is 0 Å². The predicted octanol–water partition coefficient (Wildman–Crippen LogP) is 5.76. The maximum Gasteiger partial charge on any atom is 0.128 e. The number of halogens is 1. The Morgan fingerprint density at radius 1 is 0.933 bits per heavy atom. The minimum atomic E-state index is 0.0680. The third kappa shape index (κ3) is 4.21. The second-order valence-corrected chi connectivity index (χ2v) is 7.02. The molecule has 6 heteroatoms. The summed E-state index contributed by atoms with van der Waals surface area (Å²) in [6.45, 7) is 0.371. The first-order chi connectivity index (χ1) is 14.7. The fourth-order valence-electron chi connectivity index (χ4n) is 3.16. The molecule has 0 aliphatic rings. The number of rotatable bonds is 6. The molecule has 0 radical (unpaired) electrons. The first kappa shape index (κ1) is 19.7. The van der Waals surface area contributed by atoms with Crippen LogP contribution in [0.3, 0.4) is 0 Å². The number of benzene rings is 3. The van der Waals surface area contributed by atoms with Gasteiger partial charge >= 0.3 is 0 Å². The van der Waals surface area contributed by atoms with E-state index in [1.807, 2.05) is 48.5 Å². The molecular weight excluding hydrogens is 400 g/mol. The summed E-state index contributed by atoms with van der Waals surface area (Å²) in [6.07, 6.45) is 3.17. The largest absolute Gasteiger partial charge is 0.507 e. The summed E-state index contributed by atoms with van der Waals surface area (Å²) in [5.41, 5.74) is 3.78. The Hall–Kier alpha value is -3.57. The summed E-state index contributed by atoms with van der Waals surface area (Å²) < 4.78 is 11.3. The highest BCUT2D eigenvalue weighted by molar-refractivity contribution is 6.30. The van der Waals surface area contributed by atoms with Crippen molar-refractivity contribution in [2.24, 2.45) is 0 Å². The zero-order chi connectivity index (χ0) is 20.9. The Labute approximate surface area is 179 Å². The molecular formula is C24H19ClN2O3. The topological polar surface area (TPSA) is 64.5 Å². The van der Waals surface area contributed by atoms with Crippen molar-refractivity contribution in [3.05, 3.63) is 89.8 Å². The van der Waals surface area contributed by atoms with Crippen molar-refractivity contribution < 1.29 is 14.6 Å². The number of aromatic nitrogens is 2. The van der Waals surface area contributed by atoms with Crippen molar-refractivity contribution >= 4 is 11.6 Å². The van der Waals surface area contributed by atoms with Gasteiger partial charge < -0.3 is 14.6 Å². The molecule has 30 heavy (non-hydrogen) atoms. The van der Waals surface area contributed by atoms with Crippen molar-refractivity contribution in [2.75, 3.05) is 7.11 Å². The molecule has 0 unspecified atom stereocenters. The van der Waals surface area contributed by atoms with Gasteiger partial charge in [0.15, 0.2) is 0 Å². The molecule has 0 saturated heterocycles. The lowest BCUT2D eigenvalue weighted by Crippen LogP contribution is -1.96. The molecule has 0 spiro atoms. The quantitative estimate of drug-likeness (QED) is 0.431. The minimum absolute atomic E-state index is 0.0680. The predicted molar refractivity (Wildman–Crippen MR) is 117 cm³/mol. The second kappa shape index (κ2) is 8.84. The lowest BCUT2D eigenvalue weighted by Gasteiger charge is -2.14. The fourth-order valence-corrected chi connectivity index (χ4v) is 3.28. The standard InChI is InChI=1S/C24H19ClN2O3/c1-29-23-5-3-2-4-19(23)21-13-26-15-27-24(21)20-11-10-18(12-22(20)28)30-14-16-6-8-17(25)9-7-16/h2-13,15,28H,14H2,1H3. The highest BCUT2D eigenvalue weighted by atomic mass is 35.5. The number of nitrogens with zero attached hydrogens (tertiary/aromatic N) is 2. The van der Waals surface area contributed by atoms with Crippen LogP contribution in [0.4, 0.5) is 0 Å². The lowest BCUT2D eigenvalue weighted by atomic mass is 9.99. The first-order valence-electron chi connectivity index (χ1n) is 9.29. The van der Waals surface area contributed by atoms with Gasteiger partial charge in [0, 0.05) is 34.0 Å². The maximum atomic E-state index is 10.7. The normalized spacial score (nSPS) is 10.6. The highest BCUT2D eigenvalue weighted by Gasteiger charge is 2.16. The molecule has 5 nitrogen and oxygen atoms in total. The summed E-state index contributed by atoms with van der Waals surface area (Å²) >= 11 is 5.91. The van der Waals surface area contributed by atoms with Crippen LogP contribution in [0.5, 0.6) is 17.2 Å². The van der Waals surface area contributed by atoms with E-state index in [9.17, 15) is 5.11 Å². The van der Waals surface area contributed by atoms with E-state index in [1.54, 1.807) is 31.5 Å². The van der Waals surface area contributed by atoms with Crippen LogP contribution in [0, 0.1) is 0 Å². The van der Waals surface area contributed by atoms with Gasteiger partial charge in [-0.05, 0) is 35.9 Å². The zero-order valence-corrected chi connectivity index (χ0v) is 17.0. The number of para-hydroxylation sites is 1. The molecule has 0 saturated carbocycles. The van der Waals surface area contributed by atoms with Crippen LogP contribution in [0.1, 0.15) is 5.56 Å². The van der Waals surface area contributed by atoms with Crippen molar-refractivity contribution in [1.82, 2.24) is 9.97 Å². The molecule has 4 rings (SSSR count). The van der Waals surface area contributed by atoms with E-state index in [-0.39, 0.29) is 5.75 Å². The molecule has 0 aliphatic carbocycles. The number of hydrogen-bond acceptors (Lipinski definition) is 5. The Balaban J connectivity index is 1.63. The van der Waals surface area contributed by atoms with Gasteiger partial charge in [0.25, 0.3) is 0 Å². The molecule has 0 bridgehead atoms. The van der Waals surface area contributed by atoms with Crippen LogP contribution in [0.15, 0.2) is 79.3 Å². The Morgan fingerprint density at radius 2 is 1.73 bits per heavy atom. The van der Waals surface area contributed by atoms with Gasteiger partial charge in [0.2, 0.25) is 0 Å². The fraction of sp³-hybridized carbons (Fsp3) is 0.0833. The van der Waals surface area contributed by atoms with Crippen molar-refractivity contribution in [3.8, 4) is 39.6 Å². The van der Waals surface area contributed by atoms with E-state index in [4.69, 9.17) is 21.1 Å². The Morgan fingerprint density at radius 3 is 2.50 bits per heavy atom. The smallest absolute Gasteiger partial charge is 0.128 e. The molecule has 0 amide bonds. The van der Waals surface area contributed by atoms with E-state index in [0.29, 0.717) is 34.4 Å². The van der Waals surface area contributed by atoms with Crippen molar-refractivity contribution in [1.29, 1.82) is 0 Å². The molecule has 0 atom stereocenters. The van der Waals surface area contributed by atoms with Crippen LogP contribution >= 0.6 is 11.6 Å². The van der Waals surface area contributed by atoms with E-state index in [0.717, 1.165) is 16.7 Å². The maximum absolute atomic E-state index is 10.7. The number of methoxy groups -OCH3 is 1. The molecule has 1 N–H and O–H groups in total. The minimum Gasteiger partial charge on any atom is -0.507 e.